The number of amides is 1. The molecular weight excluding hydrogens is 190 g/mol. The molecule has 0 saturated carbocycles. The number of hydrogen-bond donors (Lipinski definition) is 1. The molecule has 1 aromatic carbocycles. The van der Waals surface area contributed by atoms with E-state index >= 15 is 0 Å². The molecule has 3 heteroatoms. The summed E-state index contributed by atoms with van der Waals surface area (Å²) in [5.41, 5.74) is 4.74. The molecule has 0 aromatic heterocycles. The lowest BCUT2D eigenvalue weighted by Crippen LogP contribution is -2.24. The van der Waals surface area contributed by atoms with Crippen LogP contribution in [-0.2, 0) is 6.54 Å². The fourth-order valence-corrected chi connectivity index (χ4v) is 1.51. The normalized spacial score (nSPS) is 10.1. The van der Waals surface area contributed by atoms with Crippen molar-refractivity contribution in [1.29, 1.82) is 0 Å². The van der Waals surface area contributed by atoms with Crippen molar-refractivity contribution in [1.82, 2.24) is 4.90 Å². The molecule has 0 aliphatic carbocycles. The predicted molar refractivity (Wildman–Crippen MR) is 60.1 cm³/mol. The Labute approximate surface area is 90.3 Å². The first kappa shape index (κ1) is 11.6. The van der Waals surface area contributed by atoms with Gasteiger partial charge in [0.05, 0.1) is 0 Å². The molecule has 15 heavy (non-hydrogen) atoms. The van der Waals surface area contributed by atoms with Crippen LogP contribution in [0.5, 0.6) is 0 Å². The molecular formula is C12H17NO2. The summed E-state index contributed by atoms with van der Waals surface area (Å²) in [5.74, 6) is 0. The molecule has 0 atom stereocenters. The van der Waals surface area contributed by atoms with Crippen molar-refractivity contribution in [2.75, 3.05) is 7.05 Å². The van der Waals surface area contributed by atoms with E-state index in [2.05, 4.69) is 13.8 Å². The third-order valence-corrected chi connectivity index (χ3v) is 2.90. The summed E-state index contributed by atoms with van der Waals surface area (Å²) >= 11 is 0. The van der Waals surface area contributed by atoms with Crippen LogP contribution in [0.2, 0.25) is 0 Å². The van der Waals surface area contributed by atoms with Gasteiger partial charge < -0.3 is 10.0 Å². The first-order chi connectivity index (χ1) is 6.93. The van der Waals surface area contributed by atoms with Gasteiger partial charge in [0, 0.05) is 13.6 Å². The molecule has 0 saturated heterocycles. The van der Waals surface area contributed by atoms with Crippen molar-refractivity contribution in [3.8, 4) is 0 Å². The zero-order valence-corrected chi connectivity index (χ0v) is 9.66. The van der Waals surface area contributed by atoms with E-state index in [1.54, 1.807) is 7.05 Å². The van der Waals surface area contributed by atoms with Gasteiger partial charge in [0.25, 0.3) is 0 Å². The van der Waals surface area contributed by atoms with Gasteiger partial charge in [-0.3, -0.25) is 0 Å². The predicted octanol–water partition coefficient (Wildman–Crippen LogP) is 2.72. The van der Waals surface area contributed by atoms with Crippen LogP contribution in [0.25, 0.3) is 0 Å². The summed E-state index contributed by atoms with van der Waals surface area (Å²) in [6.07, 6.45) is -0.896. The molecule has 0 unspecified atom stereocenters. The summed E-state index contributed by atoms with van der Waals surface area (Å²) in [5, 5.41) is 8.78. The minimum atomic E-state index is -0.896. The summed E-state index contributed by atoms with van der Waals surface area (Å²) in [6.45, 7) is 6.61. The highest BCUT2D eigenvalue weighted by Gasteiger charge is 2.09. The monoisotopic (exact) mass is 207 g/mol. The third-order valence-electron chi connectivity index (χ3n) is 2.90. The number of nitrogens with zero attached hydrogens (tertiary/aromatic N) is 1. The summed E-state index contributed by atoms with van der Waals surface area (Å²) in [6, 6.07) is 4.03. The maximum atomic E-state index is 10.7. The van der Waals surface area contributed by atoms with Gasteiger partial charge in [-0.2, -0.15) is 0 Å². The molecule has 0 bridgehead atoms. The zero-order valence-electron chi connectivity index (χ0n) is 9.66. The number of hydrogen-bond acceptors (Lipinski definition) is 1. The Morgan fingerprint density at radius 1 is 1.27 bits per heavy atom. The molecule has 0 aliphatic rings. The van der Waals surface area contributed by atoms with Crippen LogP contribution in [0.15, 0.2) is 12.1 Å². The highest BCUT2D eigenvalue weighted by Crippen LogP contribution is 2.18. The highest BCUT2D eigenvalue weighted by atomic mass is 16.4. The summed E-state index contributed by atoms with van der Waals surface area (Å²) in [4.78, 5) is 12.0. The molecule has 1 amide bonds. The summed E-state index contributed by atoms with van der Waals surface area (Å²) < 4.78 is 0. The van der Waals surface area contributed by atoms with Crippen molar-refractivity contribution in [3.63, 3.8) is 0 Å². The molecule has 1 aromatic rings. The fourth-order valence-electron chi connectivity index (χ4n) is 1.51. The number of benzene rings is 1. The Hall–Kier alpha value is -1.51. The van der Waals surface area contributed by atoms with Crippen LogP contribution in [0, 0.1) is 20.8 Å². The minimum absolute atomic E-state index is 0.447. The second kappa shape index (κ2) is 4.34. The Bertz CT molecular complexity index is 385. The van der Waals surface area contributed by atoms with Crippen molar-refractivity contribution >= 4 is 6.09 Å². The van der Waals surface area contributed by atoms with E-state index in [0.29, 0.717) is 6.54 Å². The van der Waals surface area contributed by atoms with Crippen molar-refractivity contribution < 1.29 is 9.90 Å². The number of aryl methyl sites for hydroxylation is 1. The average Bonchev–Trinajstić information content (AvgIpc) is 2.18. The quantitative estimate of drug-likeness (QED) is 0.810. The molecule has 0 spiro atoms. The van der Waals surface area contributed by atoms with Gasteiger partial charge in [0.15, 0.2) is 0 Å². The maximum absolute atomic E-state index is 10.7. The molecule has 0 radical (unpaired) electrons. The topological polar surface area (TPSA) is 40.5 Å². The van der Waals surface area contributed by atoms with Gasteiger partial charge in [-0.1, -0.05) is 12.1 Å². The van der Waals surface area contributed by atoms with E-state index in [-0.39, 0.29) is 0 Å². The molecule has 1 N–H and O–H groups in total. The van der Waals surface area contributed by atoms with Gasteiger partial charge in [-0.25, -0.2) is 4.79 Å². The van der Waals surface area contributed by atoms with E-state index in [1.165, 1.54) is 21.6 Å². The van der Waals surface area contributed by atoms with Gasteiger partial charge in [0.1, 0.15) is 0 Å². The van der Waals surface area contributed by atoms with Crippen LogP contribution in [0.3, 0.4) is 0 Å². The van der Waals surface area contributed by atoms with Crippen LogP contribution in [0.1, 0.15) is 22.3 Å². The lowest BCUT2D eigenvalue weighted by molar-refractivity contribution is 0.153. The van der Waals surface area contributed by atoms with E-state index in [9.17, 15) is 4.79 Å². The minimum Gasteiger partial charge on any atom is -0.465 e. The smallest absolute Gasteiger partial charge is 0.407 e. The average molecular weight is 207 g/mol. The first-order valence-electron chi connectivity index (χ1n) is 4.93. The second-order valence-corrected chi connectivity index (χ2v) is 3.93. The fraction of sp³-hybridized carbons (Fsp3) is 0.417. The maximum Gasteiger partial charge on any atom is 0.407 e. The van der Waals surface area contributed by atoms with Crippen LogP contribution < -0.4 is 0 Å². The molecule has 3 nitrogen and oxygen atoms in total. The molecule has 0 fully saturated rings. The molecule has 1 rings (SSSR count). The van der Waals surface area contributed by atoms with Crippen molar-refractivity contribution in [2.24, 2.45) is 0 Å². The molecule has 82 valence electrons. The molecule has 0 heterocycles. The van der Waals surface area contributed by atoms with Crippen LogP contribution in [0.4, 0.5) is 4.79 Å². The van der Waals surface area contributed by atoms with Crippen molar-refractivity contribution in [3.05, 3.63) is 34.4 Å². The Morgan fingerprint density at radius 3 is 2.40 bits per heavy atom. The number of rotatable bonds is 2. The SMILES string of the molecule is Cc1ccc(CN(C)C(=O)O)c(C)c1C. The largest absolute Gasteiger partial charge is 0.465 e. The highest BCUT2D eigenvalue weighted by molar-refractivity contribution is 5.64. The second-order valence-electron chi connectivity index (χ2n) is 3.93. The Morgan fingerprint density at radius 2 is 1.87 bits per heavy atom. The number of carbonyl (C=O) groups is 1. The van der Waals surface area contributed by atoms with Gasteiger partial charge >= 0.3 is 6.09 Å². The van der Waals surface area contributed by atoms with Crippen LogP contribution >= 0.6 is 0 Å². The van der Waals surface area contributed by atoms with Crippen LogP contribution in [-0.4, -0.2) is 23.1 Å². The van der Waals surface area contributed by atoms with E-state index in [0.717, 1.165) is 5.56 Å². The standard InChI is InChI=1S/C12H17NO2/c1-8-5-6-11(10(3)9(8)2)7-13(4)12(14)15/h5-6H,7H2,1-4H3,(H,14,15). The third kappa shape index (κ3) is 2.49. The Balaban J connectivity index is 2.97. The lowest BCUT2D eigenvalue weighted by Gasteiger charge is -2.16. The number of carboxylic acid groups (broad SMARTS) is 1. The Kier molecular flexibility index (Phi) is 3.35. The lowest BCUT2D eigenvalue weighted by atomic mass is 9.99. The van der Waals surface area contributed by atoms with E-state index < -0.39 is 6.09 Å². The zero-order chi connectivity index (χ0) is 11.6. The van der Waals surface area contributed by atoms with E-state index in [1.807, 2.05) is 19.1 Å². The molecule has 0 aliphatic heterocycles. The van der Waals surface area contributed by atoms with Crippen molar-refractivity contribution in [2.45, 2.75) is 27.3 Å². The van der Waals surface area contributed by atoms with Gasteiger partial charge in [-0.15, -0.1) is 0 Å². The van der Waals surface area contributed by atoms with E-state index in [4.69, 9.17) is 5.11 Å². The van der Waals surface area contributed by atoms with Gasteiger partial charge in [0.2, 0.25) is 0 Å². The summed E-state index contributed by atoms with van der Waals surface area (Å²) in [7, 11) is 1.58. The first-order valence-corrected chi connectivity index (χ1v) is 4.93. The van der Waals surface area contributed by atoms with Gasteiger partial charge in [-0.05, 0) is 43.0 Å².